The molecule has 2 aromatic carbocycles. The minimum atomic E-state index is -0.528. The Hall–Kier alpha value is -3.81. The number of aromatic nitrogens is 2. The van der Waals surface area contributed by atoms with E-state index in [1.165, 1.54) is 35.0 Å². The highest BCUT2D eigenvalue weighted by atomic mass is 16.6. The molecule has 0 aliphatic carbocycles. The van der Waals surface area contributed by atoms with Crippen LogP contribution in [0.4, 0.5) is 5.69 Å². The summed E-state index contributed by atoms with van der Waals surface area (Å²) in [5.41, 5.74) is 1.51. The summed E-state index contributed by atoms with van der Waals surface area (Å²) in [5, 5.41) is 17.6. The molecule has 1 aromatic heterocycles. The van der Waals surface area contributed by atoms with Crippen LogP contribution in [0, 0.1) is 10.1 Å². The fraction of sp³-hybridized carbons (Fsp3) is 0.105. The molecule has 0 fully saturated rings. The lowest BCUT2D eigenvalue weighted by Gasteiger charge is -2.08. The summed E-state index contributed by atoms with van der Waals surface area (Å²) < 4.78 is 1.29. The molecular weight excluding hydrogens is 348 g/mol. The summed E-state index contributed by atoms with van der Waals surface area (Å²) in [6.45, 7) is 0.402. The van der Waals surface area contributed by atoms with Gasteiger partial charge in [0, 0.05) is 35.9 Å². The topological polar surface area (TPSA) is 107 Å². The van der Waals surface area contributed by atoms with Crippen LogP contribution in [0.2, 0.25) is 0 Å². The van der Waals surface area contributed by atoms with E-state index in [4.69, 9.17) is 0 Å². The Kier molecular flexibility index (Phi) is 5.36. The van der Waals surface area contributed by atoms with E-state index in [0.717, 1.165) is 5.56 Å². The maximum absolute atomic E-state index is 12.1. The summed E-state index contributed by atoms with van der Waals surface area (Å²) in [7, 11) is 0. The molecule has 1 amide bonds. The SMILES string of the molecule is O=C(NCCn1nc(-c2ccccc2)ccc1=O)c1ccc([N+](=O)[O-])cc1. The van der Waals surface area contributed by atoms with Gasteiger partial charge < -0.3 is 5.32 Å². The molecule has 0 aliphatic rings. The lowest BCUT2D eigenvalue weighted by Crippen LogP contribution is -2.31. The first-order valence-corrected chi connectivity index (χ1v) is 8.21. The number of amides is 1. The highest BCUT2D eigenvalue weighted by molar-refractivity contribution is 5.94. The van der Waals surface area contributed by atoms with Gasteiger partial charge in [-0.05, 0) is 18.2 Å². The van der Waals surface area contributed by atoms with Crippen molar-refractivity contribution in [3.63, 3.8) is 0 Å². The van der Waals surface area contributed by atoms with Gasteiger partial charge in [0.05, 0.1) is 17.2 Å². The first kappa shape index (κ1) is 18.0. The minimum absolute atomic E-state index is 0.0833. The summed E-state index contributed by atoms with van der Waals surface area (Å²) in [6, 6.07) is 17.9. The maximum Gasteiger partial charge on any atom is 0.269 e. The third-order valence-electron chi connectivity index (χ3n) is 3.89. The fourth-order valence-corrected chi connectivity index (χ4v) is 2.48. The summed E-state index contributed by atoms with van der Waals surface area (Å²) in [4.78, 5) is 34.2. The summed E-state index contributed by atoms with van der Waals surface area (Å²) in [5.74, 6) is -0.378. The normalized spacial score (nSPS) is 10.4. The number of hydrogen-bond acceptors (Lipinski definition) is 5. The molecule has 0 spiro atoms. The first-order valence-electron chi connectivity index (χ1n) is 8.21. The molecular formula is C19H16N4O4. The lowest BCUT2D eigenvalue weighted by molar-refractivity contribution is -0.384. The van der Waals surface area contributed by atoms with Gasteiger partial charge in [0.25, 0.3) is 17.2 Å². The number of carbonyl (C=O) groups is 1. The van der Waals surface area contributed by atoms with Gasteiger partial charge in [-0.15, -0.1) is 0 Å². The van der Waals surface area contributed by atoms with Crippen LogP contribution in [0.3, 0.4) is 0 Å². The molecule has 3 rings (SSSR count). The molecule has 0 bridgehead atoms. The van der Waals surface area contributed by atoms with Crippen molar-refractivity contribution in [1.29, 1.82) is 0 Å². The van der Waals surface area contributed by atoms with Gasteiger partial charge in [0.15, 0.2) is 0 Å². The second-order valence-electron chi connectivity index (χ2n) is 5.71. The number of hydrogen-bond donors (Lipinski definition) is 1. The molecule has 0 saturated carbocycles. The Labute approximate surface area is 154 Å². The highest BCUT2D eigenvalue weighted by Crippen LogP contribution is 2.14. The highest BCUT2D eigenvalue weighted by Gasteiger charge is 2.09. The number of nitrogens with zero attached hydrogens (tertiary/aromatic N) is 3. The molecule has 1 heterocycles. The van der Waals surface area contributed by atoms with E-state index in [-0.39, 0.29) is 30.2 Å². The number of non-ortho nitro benzene ring substituents is 1. The Morgan fingerprint density at radius 2 is 1.74 bits per heavy atom. The monoisotopic (exact) mass is 364 g/mol. The van der Waals surface area contributed by atoms with Crippen molar-refractivity contribution in [2.75, 3.05) is 6.54 Å². The van der Waals surface area contributed by atoms with Crippen LogP contribution < -0.4 is 10.9 Å². The zero-order valence-electron chi connectivity index (χ0n) is 14.2. The van der Waals surface area contributed by atoms with Crippen molar-refractivity contribution in [2.24, 2.45) is 0 Å². The van der Waals surface area contributed by atoms with Crippen molar-refractivity contribution in [2.45, 2.75) is 6.54 Å². The van der Waals surface area contributed by atoms with Crippen LogP contribution in [0.5, 0.6) is 0 Å². The van der Waals surface area contributed by atoms with E-state index in [9.17, 15) is 19.7 Å². The fourth-order valence-electron chi connectivity index (χ4n) is 2.48. The van der Waals surface area contributed by atoms with Gasteiger partial charge in [-0.2, -0.15) is 5.10 Å². The van der Waals surface area contributed by atoms with Gasteiger partial charge in [-0.25, -0.2) is 4.68 Å². The van der Waals surface area contributed by atoms with Crippen LogP contribution in [0.15, 0.2) is 71.5 Å². The van der Waals surface area contributed by atoms with Crippen molar-refractivity contribution in [1.82, 2.24) is 15.1 Å². The van der Waals surface area contributed by atoms with Gasteiger partial charge >= 0.3 is 0 Å². The average molecular weight is 364 g/mol. The van der Waals surface area contributed by atoms with Gasteiger partial charge in [-0.3, -0.25) is 19.7 Å². The van der Waals surface area contributed by atoms with E-state index in [1.54, 1.807) is 6.07 Å². The predicted molar refractivity (Wildman–Crippen MR) is 99.4 cm³/mol. The van der Waals surface area contributed by atoms with Crippen LogP contribution in [-0.2, 0) is 6.54 Å². The molecule has 3 aromatic rings. The Morgan fingerprint density at radius 1 is 1.04 bits per heavy atom. The van der Waals surface area contributed by atoms with Crippen LogP contribution in [0.1, 0.15) is 10.4 Å². The largest absolute Gasteiger partial charge is 0.350 e. The number of nitro benzene ring substituents is 1. The standard InChI is InChI=1S/C19H16N4O4/c24-18-11-10-17(14-4-2-1-3-5-14)21-22(18)13-12-20-19(25)15-6-8-16(9-7-15)23(26)27/h1-11H,12-13H2,(H,20,25). The number of rotatable bonds is 6. The summed E-state index contributed by atoms with van der Waals surface area (Å²) >= 11 is 0. The lowest BCUT2D eigenvalue weighted by atomic mass is 10.1. The van der Waals surface area contributed by atoms with E-state index < -0.39 is 4.92 Å². The smallest absolute Gasteiger partial charge is 0.269 e. The van der Waals surface area contributed by atoms with Crippen LogP contribution in [-0.4, -0.2) is 27.2 Å². The molecule has 0 aliphatic heterocycles. The molecule has 1 N–H and O–H groups in total. The van der Waals surface area contributed by atoms with Crippen LogP contribution in [0.25, 0.3) is 11.3 Å². The van der Waals surface area contributed by atoms with E-state index in [1.807, 2.05) is 30.3 Å². The quantitative estimate of drug-likeness (QED) is 0.533. The van der Waals surface area contributed by atoms with Crippen molar-refractivity contribution < 1.29 is 9.72 Å². The Morgan fingerprint density at radius 3 is 2.41 bits per heavy atom. The number of nitrogens with one attached hydrogen (secondary N) is 1. The second kappa shape index (κ2) is 8.05. The van der Waals surface area contributed by atoms with Gasteiger partial charge in [-0.1, -0.05) is 30.3 Å². The zero-order chi connectivity index (χ0) is 19.2. The summed E-state index contributed by atoms with van der Waals surface area (Å²) in [6.07, 6.45) is 0. The molecule has 136 valence electrons. The second-order valence-corrected chi connectivity index (χ2v) is 5.71. The number of carbonyl (C=O) groups excluding carboxylic acids is 1. The molecule has 0 atom stereocenters. The van der Waals surface area contributed by atoms with Crippen molar-refractivity contribution in [3.8, 4) is 11.3 Å². The minimum Gasteiger partial charge on any atom is -0.350 e. The maximum atomic E-state index is 12.1. The first-order chi connectivity index (χ1) is 13.0. The molecule has 0 saturated heterocycles. The third kappa shape index (κ3) is 4.43. The molecule has 27 heavy (non-hydrogen) atoms. The van der Waals surface area contributed by atoms with Gasteiger partial charge in [0.2, 0.25) is 0 Å². The van der Waals surface area contributed by atoms with E-state index in [2.05, 4.69) is 10.4 Å². The third-order valence-corrected chi connectivity index (χ3v) is 3.89. The van der Waals surface area contributed by atoms with E-state index in [0.29, 0.717) is 11.3 Å². The molecule has 0 unspecified atom stereocenters. The van der Waals surface area contributed by atoms with Crippen LogP contribution >= 0.6 is 0 Å². The Bertz CT molecular complexity index is 1010. The zero-order valence-corrected chi connectivity index (χ0v) is 14.2. The molecule has 8 heteroatoms. The number of benzene rings is 2. The van der Waals surface area contributed by atoms with Crippen molar-refractivity contribution >= 4 is 11.6 Å². The van der Waals surface area contributed by atoms with Gasteiger partial charge in [0.1, 0.15) is 0 Å². The van der Waals surface area contributed by atoms with E-state index >= 15 is 0 Å². The number of nitro groups is 1. The predicted octanol–water partition coefficient (Wildman–Crippen LogP) is 2.25. The van der Waals surface area contributed by atoms with Crippen molar-refractivity contribution in [3.05, 3.63) is 92.8 Å². The molecule has 8 nitrogen and oxygen atoms in total. The molecule has 0 radical (unpaired) electrons. The average Bonchev–Trinajstić information content (AvgIpc) is 2.70. The Balaban J connectivity index is 1.64.